The number of amides is 1. The number of rotatable bonds is 6. The number of carboxylic acid groups (broad SMARTS) is 1. The van der Waals surface area contributed by atoms with Gasteiger partial charge in [-0.1, -0.05) is 36.8 Å². The maximum Gasteiger partial charge on any atom is 0.306 e. The third-order valence-electron chi connectivity index (χ3n) is 4.15. The van der Waals surface area contributed by atoms with E-state index in [0.29, 0.717) is 19.4 Å². The molecule has 114 valence electrons. The number of benzene rings is 1. The Balaban J connectivity index is 1.80. The normalized spacial score (nSPS) is 22.7. The van der Waals surface area contributed by atoms with Crippen LogP contribution in [0.25, 0.3) is 0 Å². The Morgan fingerprint density at radius 2 is 2.00 bits per heavy atom. The van der Waals surface area contributed by atoms with Gasteiger partial charge in [0, 0.05) is 6.54 Å². The first-order valence-corrected chi connectivity index (χ1v) is 7.38. The van der Waals surface area contributed by atoms with E-state index in [2.05, 4.69) is 5.32 Å². The Labute approximate surface area is 124 Å². The van der Waals surface area contributed by atoms with Crippen LogP contribution in [0, 0.1) is 11.8 Å². The second kappa shape index (κ2) is 7.22. The van der Waals surface area contributed by atoms with Crippen LogP contribution in [0.4, 0.5) is 0 Å². The molecule has 1 aromatic rings. The highest BCUT2D eigenvalue weighted by atomic mass is 16.4. The molecule has 0 spiro atoms. The van der Waals surface area contributed by atoms with Crippen molar-refractivity contribution in [3.63, 3.8) is 0 Å². The molecule has 1 aliphatic rings. The van der Waals surface area contributed by atoms with Crippen LogP contribution < -0.4 is 11.1 Å². The molecule has 1 fully saturated rings. The summed E-state index contributed by atoms with van der Waals surface area (Å²) in [7, 11) is 0. The zero-order chi connectivity index (χ0) is 15.2. The molecule has 1 saturated carbocycles. The van der Waals surface area contributed by atoms with Gasteiger partial charge in [-0.2, -0.15) is 0 Å². The summed E-state index contributed by atoms with van der Waals surface area (Å²) < 4.78 is 0. The van der Waals surface area contributed by atoms with Gasteiger partial charge >= 0.3 is 5.97 Å². The predicted molar refractivity (Wildman–Crippen MR) is 79.6 cm³/mol. The largest absolute Gasteiger partial charge is 0.481 e. The predicted octanol–water partition coefficient (Wildman–Crippen LogP) is 1.17. The Kier molecular flexibility index (Phi) is 5.33. The van der Waals surface area contributed by atoms with Gasteiger partial charge in [-0.3, -0.25) is 9.59 Å². The van der Waals surface area contributed by atoms with E-state index in [4.69, 9.17) is 10.8 Å². The van der Waals surface area contributed by atoms with Gasteiger partial charge in [0.2, 0.25) is 5.91 Å². The number of carbonyl (C=O) groups is 2. The number of carbonyl (C=O) groups excluding carboxylic acids is 1. The number of carboxylic acids is 1. The second-order valence-corrected chi connectivity index (χ2v) is 5.68. The third kappa shape index (κ3) is 4.29. The van der Waals surface area contributed by atoms with Crippen LogP contribution in [0.1, 0.15) is 24.8 Å². The average Bonchev–Trinajstić information content (AvgIpc) is 2.94. The number of nitrogens with one attached hydrogen (secondary N) is 1. The topological polar surface area (TPSA) is 92.4 Å². The number of nitrogens with two attached hydrogens (primary N) is 1. The SMILES string of the molecule is N[C@H](Cc1ccccc1)C(=O)NCC1CCCC1C(=O)O. The van der Waals surface area contributed by atoms with Crippen LogP contribution in [0.5, 0.6) is 0 Å². The molecule has 21 heavy (non-hydrogen) atoms. The molecule has 5 nitrogen and oxygen atoms in total. The molecule has 1 amide bonds. The fraction of sp³-hybridized carbons (Fsp3) is 0.500. The van der Waals surface area contributed by atoms with Crippen molar-refractivity contribution in [2.24, 2.45) is 17.6 Å². The van der Waals surface area contributed by atoms with Crippen LogP contribution in [-0.2, 0) is 16.0 Å². The van der Waals surface area contributed by atoms with Gasteiger partial charge in [-0.15, -0.1) is 0 Å². The molecule has 1 aromatic carbocycles. The minimum absolute atomic E-state index is 0.0235. The van der Waals surface area contributed by atoms with E-state index in [0.717, 1.165) is 18.4 Å². The molecule has 4 N–H and O–H groups in total. The van der Waals surface area contributed by atoms with E-state index in [1.165, 1.54) is 0 Å². The second-order valence-electron chi connectivity index (χ2n) is 5.68. The lowest BCUT2D eigenvalue weighted by Crippen LogP contribution is -2.44. The van der Waals surface area contributed by atoms with Gasteiger partial charge in [0.05, 0.1) is 12.0 Å². The highest BCUT2D eigenvalue weighted by Crippen LogP contribution is 2.31. The lowest BCUT2D eigenvalue weighted by atomic mass is 9.96. The maximum atomic E-state index is 12.0. The molecule has 0 radical (unpaired) electrons. The Bertz CT molecular complexity index is 490. The van der Waals surface area contributed by atoms with Gasteiger partial charge in [0.25, 0.3) is 0 Å². The molecule has 0 heterocycles. The molecular formula is C16H22N2O3. The number of aliphatic carboxylic acids is 1. The van der Waals surface area contributed by atoms with Crippen LogP contribution >= 0.6 is 0 Å². The van der Waals surface area contributed by atoms with E-state index in [-0.39, 0.29) is 17.7 Å². The third-order valence-corrected chi connectivity index (χ3v) is 4.15. The molecule has 1 aliphatic carbocycles. The summed E-state index contributed by atoms with van der Waals surface area (Å²) in [6.07, 6.45) is 2.95. The Morgan fingerprint density at radius 1 is 1.29 bits per heavy atom. The first-order chi connectivity index (χ1) is 10.1. The van der Waals surface area contributed by atoms with E-state index >= 15 is 0 Å². The van der Waals surface area contributed by atoms with Crippen molar-refractivity contribution >= 4 is 11.9 Å². The van der Waals surface area contributed by atoms with Gasteiger partial charge in [-0.05, 0) is 30.7 Å². The molecule has 2 rings (SSSR count). The summed E-state index contributed by atoms with van der Waals surface area (Å²) in [5, 5.41) is 11.9. The summed E-state index contributed by atoms with van der Waals surface area (Å²) >= 11 is 0. The Morgan fingerprint density at radius 3 is 2.67 bits per heavy atom. The van der Waals surface area contributed by atoms with Crippen LogP contribution in [0.2, 0.25) is 0 Å². The van der Waals surface area contributed by atoms with E-state index in [1.807, 2.05) is 30.3 Å². The zero-order valence-corrected chi connectivity index (χ0v) is 12.0. The minimum Gasteiger partial charge on any atom is -0.481 e. The quantitative estimate of drug-likeness (QED) is 0.733. The van der Waals surface area contributed by atoms with Crippen LogP contribution in [0.15, 0.2) is 30.3 Å². The first kappa shape index (κ1) is 15.5. The summed E-state index contributed by atoms with van der Waals surface area (Å²) in [6.45, 7) is 0.401. The summed E-state index contributed by atoms with van der Waals surface area (Å²) in [5.74, 6) is -1.29. The molecule has 0 bridgehead atoms. The molecule has 0 aliphatic heterocycles. The fourth-order valence-corrected chi connectivity index (χ4v) is 2.93. The summed E-state index contributed by atoms with van der Waals surface area (Å²) in [6, 6.07) is 9.01. The summed E-state index contributed by atoms with van der Waals surface area (Å²) in [5.41, 5.74) is 6.92. The number of hydrogen-bond donors (Lipinski definition) is 3. The van der Waals surface area contributed by atoms with Crippen molar-refractivity contribution in [1.29, 1.82) is 0 Å². The van der Waals surface area contributed by atoms with Crippen molar-refractivity contribution in [2.45, 2.75) is 31.7 Å². The van der Waals surface area contributed by atoms with Gasteiger partial charge < -0.3 is 16.2 Å². The highest BCUT2D eigenvalue weighted by Gasteiger charge is 2.33. The van der Waals surface area contributed by atoms with E-state index in [9.17, 15) is 9.59 Å². The van der Waals surface area contributed by atoms with Crippen molar-refractivity contribution < 1.29 is 14.7 Å². The maximum absolute atomic E-state index is 12.0. The van der Waals surface area contributed by atoms with E-state index in [1.54, 1.807) is 0 Å². The standard InChI is InChI=1S/C16H22N2O3/c17-14(9-11-5-2-1-3-6-11)15(19)18-10-12-7-4-8-13(12)16(20)21/h1-3,5-6,12-14H,4,7-10,17H2,(H,18,19)(H,20,21)/t12?,13?,14-/m1/s1. The monoisotopic (exact) mass is 290 g/mol. The van der Waals surface area contributed by atoms with Gasteiger partial charge in [0.15, 0.2) is 0 Å². The smallest absolute Gasteiger partial charge is 0.306 e. The van der Waals surface area contributed by atoms with Crippen molar-refractivity contribution in [3.8, 4) is 0 Å². The lowest BCUT2D eigenvalue weighted by Gasteiger charge is -2.18. The minimum atomic E-state index is -0.764. The van der Waals surface area contributed by atoms with Gasteiger partial charge in [0.1, 0.15) is 0 Å². The van der Waals surface area contributed by atoms with Crippen molar-refractivity contribution in [3.05, 3.63) is 35.9 Å². The van der Waals surface area contributed by atoms with Crippen molar-refractivity contribution in [2.75, 3.05) is 6.54 Å². The zero-order valence-electron chi connectivity index (χ0n) is 12.0. The summed E-state index contributed by atoms with van der Waals surface area (Å²) in [4.78, 5) is 23.1. The Hall–Kier alpha value is -1.88. The molecular weight excluding hydrogens is 268 g/mol. The van der Waals surface area contributed by atoms with Gasteiger partial charge in [-0.25, -0.2) is 0 Å². The molecule has 3 atom stereocenters. The van der Waals surface area contributed by atoms with E-state index < -0.39 is 12.0 Å². The molecule has 0 aromatic heterocycles. The highest BCUT2D eigenvalue weighted by molar-refractivity contribution is 5.81. The molecule has 2 unspecified atom stereocenters. The molecule has 0 saturated heterocycles. The lowest BCUT2D eigenvalue weighted by molar-refractivity contribution is -0.143. The van der Waals surface area contributed by atoms with Crippen LogP contribution in [-0.4, -0.2) is 29.6 Å². The van der Waals surface area contributed by atoms with Crippen molar-refractivity contribution in [1.82, 2.24) is 5.32 Å². The first-order valence-electron chi connectivity index (χ1n) is 7.38. The molecule has 5 heteroatoms. The number of hydrogen-bond acceptors (Lipinski definition) is 3. The van der Waals surface area contributed by atoms with Crippen LogP contribution in [0.3, 0.4) is 0 Å². The average molecular weight is 290 g/mol. The fourth-order valence-electron chi connectivity index (χ4n) is 2.93.